The summed E-state index contributed by atoms with van der Waals surface area (Å²) in [6, 6.07) is 11.1. The van der Waals surface area contributed by atoms with Crippen LogP contribution in [0.4, 0.5) is 4.39 Å². The molecule has 0 aliphatic rings. The van der Waals surface area contributed by atoms with Crippen LogP contribution in [0.15, 0.2) is 42.5 Å². The second-order valence-electron chi connectivity index (χ2n) is 3.36. The standard InChI is InChI=1S/C13H8ClFO/c14-11-5-6-13(15)12(7-11)10-3-1-9(8-16)2-4-10/h1-8H. The van der Waals surface area contributed by atoms with E-state index in [0.717, 1.165) is 6.29 Å². The molecule has 0 aromatic heterocycles. The average molecular weight is 235 g/mol. The van der Waals surface area contributed by atoms with Crippen molar-refractivity contribution in [2.75, 3.05) is 0 Å². The van der Waals surface area contributed by atoms with Crippen molar-refractivity contribution in [1.82, 2.24) is 0 Å². The molecule has 2 aromatic carbocycles. The normalized spacial score (nSPS) is 10.1. The third kappa shape index (κ3) is 2.12. The first-order valence-corrected chi connectivity index (χ1v) is 5.09. The molecule has 0 atom stereocenters. The number of halogens is 2. The van der Waals surface area contributed by atoms with Gasteiger partial charge in [0, 0.05) is 16.1 Å². The lowest BCUT2D eigenvalue weighted by Gasteiger charge is -2.04. The van der Waals surface area contributed by atoms with E-state index < -0.39 is 0 Å². The molecule has 3 heteroatoms. The molecular weight excluding hydrogens is 227 g/mol. The molecule has 0 amide bonds. The van der Waals surface area contributed by atoms with Gasteiger partial charge in [0.05, 0.1) is 0 Å². The summed E-state index contributed by atoms with van der Waals surface area (Å²) >= 11 is 5.80. The minimum Gasteiger partial charge on any atom is -0.298 e. The maximum atomic E-state index is 13.5. The fourth-order valence-corrected chi connectivity index (χ4v) is 1.63. The van der Waals surface area contributed by atoms with Gasteiger partial charge in [0.15, 0.2) is 0 Å². The van der Waals surface area contributed by atoms with Gasteiger partial charge in [-0.05, 0) is 23.8 Å². The summed E-state index contributed by atoms with van der Waals surface area (Å²) in [6.45, 7) is 0. The summed E-state index contributed by atoms with van der Waals surface area (Å²) in [5.74, 6) is -0.330. The maximum Gasteiger partial charge on any atom is 0.150 e. The Morgan fingerprint density at radius 2 is 1.75 bits per heavy atom. The van der Waals surface area contributed by atoms with Crippen molar-refractivity contribution < 1.29 is 9.18 Å². The van der Waals surface area contributed by atoms with Crippen molar-refractivity contribution in [2.24, 2.45) is 0 Å². The lowest BCUT2D eigenvalue weighted by molar-refractivity contribution is 0.112. The van der Waals surface area contributed by atoms with E-state index in [0.29, 0.717) is 21.7 Å². The summed E-state index contributed by atoms with van der Waals surface area (Å²) in [5.41, 5.74) is 1.70. The highest BCUT2D eigenvalue weighted by molar-refractivity contribution is 6.30. The van der Waals surface area contributed by atoms with E-state index in [1.165, 1.54) is 12.1 Å². The molecule has 0 aliphatic heterocycles. The number of rotatable bonds is 2. The number of carbonyl (C=O) groups is 1. The Balaban J connectivity index is 2.49. The molecule has 0 fully saturated rings. The van der Waals surface area contributed by atoms with Crippen LogP contribution < -0.4 is 0 Å². The molecule has 80 valence electrons. The minimum absolute atomic E-state index is 0.330. The van der Waals surface area contributed by atoms with Crippen molar-refractivity contribution in [3.63, 3.8) is 0 Å². The molecule has 0 aliphatic carbocycles. The first-order chi connectivity index (χ1) is 7.70. The zero-order valence-corrected chi connectivity index (χ0v) is 9.04. The van der Waals surface area contributed by atoms with E-state index in [9.17, 15) is 9.18 Å². The fraction of sp³-hybridized carbons (Fsp3) is 0. The van der Waals surface area contributed by atoms with Gasteiger partial charge in [-0.15, -0.1) is 0 Å². The third-order valence-corrected chi connectivity index (χ3v) is 2.52. The van der Waals surface area contributed by atoms with Crippen molar-refractivity contribution >= 4 is 17.9 Å². The zero-order valence-electron chi connectivity index (χ0n) is 8.28. The molecule has 0 saturated heterocycles. The summed E-state index contributed by atoms with van der Waals surface area (Å²) in [7, 11) is 0. The number of benzene rings is 2. The summed E-state index contributed by atoms with van der Waals surface area (Å²) < 4.78 is 13.5. The zero-order chi connectivity index (χ0) is 11.5. The molecule has 0 N–H and O–H groups in total. The van der Waals surface area contributed by atoms with Crippen molar-refractivity contribution in [3.8, 4) is 11.1 Å². The summed E-state index contributed by atoms with van der Waals surface area (Å²) in [5, 5.41) is 0.482. The topological polar surface area (TPSA) is 17.1 Å². The third-order valence-electron chi connectivity index (χ3n) is 2.29. The molecule has 0 heterocycles. The van der Waals surface area contributed by atoms with Crippen LogP contribution in [0, 0.1) is 5.82 Å². The predicted molar refractivity (Wildman–Crippen MR) is 62.2 cm³/mol. The lowest BCUT2D eigenvalue weighted by atomic mass is 10.0. The highest BCUT2D eigenvalue weighted by Crippen LogP contribution is 2.25. The van der Waals surface area contributed by atoms with Crippen LogP contribution in [-0.2, 0) is 0 Å². The van der Waals surface area contributed by atoms with Crippen LogP contribution >= 0.6 is 11.6 Å². The van der Waals surface area contributed by atoms with E-state index in [4.69, 9.17) is 11.6 Å². The van der Waals surface area contributed by atoms with E-state index in [1.54, 1.807) is 30.3 Å². The number of aldehydes is 1. The number of hydrogen-bond donors (Lipinski definition) is 0. The molecule has 0 unspecified atom stereocenters. The highest BCUT2D eigenvalue weighted by Gasteiger charge is 2.05. The quantitative estimate of drug-likeness (QED) is 0.719. The van der Waals surface area contributed by atoms with Crippen LogP contribution in [0.2, 0.25) is 5.02 Å². The molecule has 2 aromatic rings. The average Bonchev–Trinajstić information content (AvgIpc) is 2.32. The van der Waals surface area contributed by atoms with Crippen LogP contribution in [0.5, 0.6) is 0 Å². The molecule has 2 rings (SSSR count). The maximum absolute atomic E-state index is 13.5. The van der Waals surface area contributed by atoms with Crippen molar-refractivity contribution in [2.45, 2.75) is 0 Å². The first kappa shape index (κ1) is 10.8. The number of hydrogen-bond acceptors (Lipinski definition) is 1. The highest BCUT2D eigenvalue weighted by atomic mass is 35.5. The van der Waals surface area contributed by atoms with Crippen LogP contribution in [0.3, 0.4) is 0 Å². The second-order valence-corrected chi connectivity index (χ2v) is 3.80. The second kappa shape index (κ2) is 4.45. The van der Waals surface area contributed by atoms with E-state index >= 15 is 0 Å². The van der Waals surface area contributed by atoms with Crippen molar-refractivity contribution in [1.29, 1.82) is 0 Å². The van der Waals surface area contributed by atoms with E-state index in [-0.39, 0.29) is 5.82 Å². The predicted octanol–water partition coefficient (Wildman–Crippen LogP) is 3.96. The van der Waals surface area contributed by atoms with E-state index in [1.807, 2.05) is 0 Å². The Morgan fingerprint density at radius 1 is 1.06 bits per heavy atom. The molecule has 0 radical (unpaired) electrons. The monoisotopic (exact) mass is 234 g/mol. The molecule has 16 heavy (non-hydrogen) atoms. The van der Waals surface area contributed by atoms with Gasteiger partial charge in [0.1, 0.15) is 12.1 Å². The minimum atomic E-state index is -0.330. The SMILES string of the molecule is O=Cc1ccc(-c2cc(Cl)ccc2F)cc1. The number of carbonyl (C=O) groups excluding carboxylic acids is 1. The molecule has 0 spiro atoms. The van der Waals surface area contributed by atoms with Gasteiger partial charge in [0.2, 0.25) is 0 Å². The Hall–Kier alpha value is -1.67. The van der Waals surface area contributed by atoms with Crippen LogP contribution in [0.1, 0.15) is 10.4 Å². The Morgan fingerprint density at radius 3 is 2.38 bits per heavy atom. The van der Waals surface area contributed by atoms with Crippen LogP contribution in [-0.4, -0.2) is 6.29 Å². The van der Waals surface area contributed by atoms with Gasteiger partial charge < -0.3 is 0 Å². The van der Waals surface area contributed by atoms with Crippen molar-refractivity contribution in [3.05, 3.63) is 58.9 Å². The molecule has 0 saturated carbocycles. The Labute approximate surface area is 97.5 Å². The van der Waals surface area contributed by atoms with Gasteiger partial charge in [-0.3, -0.25) is 4.79 Å². The molecule has 0 bridgehead atoms. The summed E-state index contributed by atoms with van der Waals surface area (Å²) in [4.78, 5) is 10.5. The summed E-state index contributed by atoms with van der Waals surface area (Å²) in [6.07, 6.45) is 0.748. The van der Waals surface area contributed by atoms with Gasteiger partial charge in [-0.2, -0.15) is 0 Å². The van der Waals surface area contributed by atoms with Gasteiger partial charge in [0.25, 0.3) is 0 Å². The smallest absolute Gasteiger partial charge is 0.150 e. The van der Waals surface area contributed by atoms with Gasteiger partial charge >= 0.3 is 0 Å². The Bertz CT molecular complexity index is 520. The lowest BCUT2D eigenvalue weighted by Crippen LogP contribution is -1.85. The largest absolute Gasteiger partial charge is 0.298 e. The molecule has 1 nitrogen and oxygen atoms in total. The van der Waals surface area contributed by atoms with Gasteiger partial charge in [-0.1, -0.05) is 35.9 Å². The van der Waals surface area contributed by atoms with Crippen LogP contribution in [0.25, 0.3) is 11.1 Å². The van der Waals surface area contributed by atoms with Gasteiger partial charge in [-0.25, -0.2) is 4.39 Å². The Kier molecular flexibility index (Phi) is 3.02. The molecular formula is C13H8ClFO. The fourth-order valence-electron chi connectivity index (χ4n) is 1.46. The first-order valence-electron chi connectivity index (χ1n) is 4.71. The van der Waals surface area contributed by atoms with E-state index in [2.05, 4.69) is 0 Å².